The predicted molar refractivity (Wildman–Crippen MR) is 174 cm³/mol. The van der Waals surface area contributed by atoms with E-state index < -0.39 is 0 Å². The van der Waals surface area contributed by atoms with Gasteiger partial charge in [-0.25, -0.2) is 0 Å². The number of nitrogens with one attached hydrogen (secondary N) is 2. The number of ether oxygens (including phenoxy) is 2. The fraction of sp³-hybridized carbons (Fsp3) is 0.529. The fourth-order valence-corrected chi connectivity index (χ4v) is 4.98. The molecule has 0 bridgehead atoms. The second-order valence-corrected chi connectivity index (χ2v) is 11.1. The maximum absolute atomic E-state index is 12.5. The first-order chi connectivity index (χ1) is 21.4. The average Bonchev–Trinajstić information content (AvgIpc) is 3.02. The molecule has 0 aromatic heterocycles. The van der Waals surface area contributed by atoms with Crippen LogP contribution in [0, 0.1) is 0 Å². The van der Waals surface area contributed by atoms with Crippen molar-refractivity contribution in [1.82, 2.24) is 10.6 Å². The zero-order valence-electron chi connectivity index (χ0n) is 26.2. The summed E-state index contributed by atoms with van der Waals surface area (Å²) in [6, 6.07) is 10.7. The monoisotopic (exact) mass is 608 g/mol. The molecule has 1 fully saturated rings. The van der Waals surface area contributed by atoms with Crippen molar-refractivity contribution in [3.8, 4) is 23.0 Å². The Labute approximate surface area is 261 Å². The summed E-state index contributed by atoms with van der Waals surface area (Å²) in [4.78, 5) is 34.0. The lowest BCUT2D eigenvalue weighted by Gasteiger charge is -2.13. The van der Waals surface area contributed by atoms with Gasteiger partial charge in [0.1, 0.15) is 0 Å². The van der Waals surface area contributed by atoms with E-state index >= 15 is 0 Å². The second kappa shape index (κ2) is 19.5. The summed E-state index contributed by atoms with van der Waals surface area (Å²) in [5.41, 5.74) is 2.91. The summed E-state index contributed by atoms with van der Waals surface area (Å²) in [5.74, 6) is 1.09. The minimum atomic E-state index is -0.0734. The van der Waals surface area contributed by atoms with Crippen LogP contribution in [0.2, 0.25) is 0 Å². The van der Waals surface area contributed by atoms with Crippen molar-refractivity contribution in [1.29, 1.82) is 0 Å². The van der Waals surface area contributed by atoms with Gasteiger partial charge in [-0.15, -0.1) is 0 Å². The van der Waals surface area contributed by atoms with Crippen LogP contribution in [0.25, 0.3) is 0 Å². The molecule has 1 aliphatic carbocycles. The van der Waals surface area contributed by atoms with Crippen molar-refractivity contribution in [2.24, 2.45) is 9.98 Å². The van der Waals surface area contributed by atoms with Crippen molar-refractivity contribution in [2.45, 2.75) is 77.3 Å². The van der Waals surface area contributed by atoms with E-state index in [1.807, 2.05) is 24.3 Å². The normalized spacial score (nSPS) is 15.3. The number of hydrogen-bond acceptors (Lipinski definition) is 10. The maximum Gasteiger partial charge on any atom is 0.183 e. The largest absolute Gasteiger partial charge is 0.504 e. The Kier molecular flexibility index (Phi) is 15.4. The highest BCUT2D eigenvalue weighted by Crippen LogP contribution is 2.27. The Morgan fingerprint density at radius 3 is 1.45 bits per heavy atom. The zero-order chi connectivity index (χ0) is 31.6. The third-order valence-corrected chi connectivity index (χ3v) is 7.57. The molecule has 0 aliphatic heterocycles. The number of aliphatic imine (C=N–C) groups is 2. The van der Waals surface area contributed by atoms with Gasteiger partial charge in [-0.1, -0.05) is 37.8 Å². The third kappa shape index (κ3) is 12.1. The quantitative estimate of drug-likeness (QED) is 0.155. The number of ketones is 2. The lowest BCUT2D eigenvalue weighted by Crippen LogP contribution is -2.33. The summed E-state index contributed by atoms with van der Waals surface area (Å²) in [6.45, 7) is 4.35. The minimum absolute atomic E-state index is 0.0716. The van der Waals surface area contributed by atoms with Crippen LogP contribution in [0.1, 0.15) is 75.3 Å². The van der Waals surface area contributed by atoms with Crippen LogP contribution in [0.5, 0.6) is 23.0 Å². The number of phenols is 2. The van der Waals surface area contributed by atoms with Crippen molar-refractivity contribution in [3.05, 3.63) is 47.5 Å². The molecule has 3 rings (SSSR count). The van der Waals surface area contributed by atoms with Crippen LogP contribution in [0.3, 0.4) is 0 Å². The molecule has 44 heavy (non-hydrogen) atoms. The molecule has 0 atom stereocenters. The van der Waals surface area contributed by atoms with Gasteiger partial charge in [-0.05, 0) is 74.2 Å². The van der Waals surface area contributed by atoms with E-state index in [-0.39, 0.29) is 35.9 Å². The molecular formula is C34H48N4O6. The summed E-state index contributed by atoms with van der Waals surface area (Å²) >= 11 is 0. The van der Waals surface area contributed by atoms with Crippen LogP contribution in [-0.2, 0) is 22.7 Å². The molecule has 1 aliphatic rings. The highest BCUT2D eigenvalue weighted by Gasteiger charge is 2.27. The molecule has 0 radical (unpaired) electrons. The van der Waals surface area contributed by atoms with Crippen LogP contribution in [0.4, 0.5) is 0 Å². The first kappa shape index (κ1) is 34.7. The van der Waals surface area contributed by atoms with E-state index in [9.17, 15) is 19.8 Å². The van der Waals surface area contributed by atoms with E-state index in [1.165, 1.54) is 14.2 Å². The summed E-state index contributed by atoms with van der Waals surface area (Å²) in [5, 5.41) is 26.2. The highest BCUT2D eigenvalue weighted by molar-refractivity contribution is 6.60. The Morgan fingerprint density at radius 1 is 0.636 bits per heavy atom. The Bertz CT molecular complexity index is 1180. The number of nitrogens with zero attached hydrogens (tertiary/aromatic N) is 2. The van der Waals surface area contributed by atoms with E-state index in [2.05, 4.69) is 20.6 Å². The van der Waals surface area contributed by atoms with E-state index in [1.54, 1.807) is 12.1 Å². The molecular weight excluding hydrogens is 560 g/mol. The number of rotatable bonds is 20. The van der Waals surface area contributed by atoms with Gasteiger partial charge in [-0.3, -0.25) is 19.6 Å². The summed E-state index contributed by atoms with van der Waals surface area (Å²) in [6.07, 6.45) is 8.16. The number of methoxy groups -OCH3 is 2. The fourth-order valence-electron chi connectivity index (χ4n) is 4.98. The first-order valence-electron chi connectivity index (χ1n) is 15.7. The van der Waals surface area contributed by atoms with Gasteiger partial charge in [0.05, 0.1) is 38.5 Å². The van der Waals surface area contributed by atoms with Crippen molar-refractivity contribution >= 4 is 23.0 Å². The summed E-state index contributed by atoms with van der Waals surface area (Å²) in [7, 11) is 3.08. The number of hydrogen-bond donors (Lipinski definition) is 4. The number of benzene rings is 2. The Morgan fingerprint density at radius 2 is 1.05 bits per heavy atom. The molecule has 0 spiro atoms. The van der Waals surface area contributed by atoms with Crippen molar-refractivity contribution in [3.63, 3.8) is 0 Å². The molecule has 0 heterocycles. The number of unbranched alkanes of at least 4 members (excludes halogenated alkanes) is 6. The van der Waals surface area contributed by atoms with E-state index in [0.717, 1.165) is 75.6 Å². The molecule has 240 valence electrons. The maximum atomic E-state index is 12.5. The van der Waals surface area contributed by atoms with E-state index in [0.29, 0.717) is 49.1 Å². The summed E-state index contributed by atoms with van der Waals surface area (Å²) < 4.78 is 10.3. The van der Waals surface area contributed by atoms with Crippen molar-refractivity contribution in [2.75, 3.05) is 40.4 Å². The van der Waals surface area contributed by atoms with Gasteiger partial charge in [0.2, 0.25) is 0 Å². The lowest BCUT2D eigenvalue weighted by atomic mass is 9.93. The van der Waals surface area contributed by atoms with Crippen LogP contribution < -0.4 is 20.1 Å². The molecule has 10 nitrogen and oxygen atoms in total. The number of Topliss-reactive ketones (excluding diaryl/α,β-unsaturated/α-hetero) is 2. The molecule has 0 amide bonds. The Balaban J connectivity index is 1.19. The van der Waals surface area contributed by atoms with Gasteiger partial charge >= 0.3 is 0 Å². The number of carbonyl (C=O) groups excluding carboxylic acids is 2. The second-order valence-electron chi connectivity index (χ2n) is 11.1. The van der Waals surface area contributed by atoms with Crippen LogP contribution in [-0.4, -0.2) is 73.6 Å². The molecule has 4 N–H and O–H groups in total. The number of phenolic OH excluding ortho intramolecular Hbond substituents is 2. The SMILES string of the molecule is COc1cc(CNCCCCCCN=C2CC(=O)C(=NCCCCCCNCc3ccc(O)c(OC)c3)CC2=O)ccc1O. The first-order valence-corrected chi connectivity index (χ1v) is 15.7. The van der Waals surface area contributed by atoms with Crippen molar-refractivity contribution < 1.29 is 29.3 Å². The topological polar surface area (TPSA) is 142 Å². The molecule has 2 aromatic carbocycles. The molecule has 1 saturated carbocycles. The minimum Gasteiger partial charge on any atom is -0.504 e. The smallest absolute Gasteiger partial charge is 0.183 e. The van der Waals surface area contributed by atoms with Gasteiger partial charge in [0.15, 0.2) is 34.6 Å². The van der Waals surface area contributed by atoms with Gasteiger partial charge < -0.3 is 30.3 Å². The lowest BCUT2D eigenvalue weighted by molar-refractivity contribution is -0.116. The van der Waals surface area contributed by atoms with Gasteiger partial charge in [0, 0.05) is 26.2 Å². The third-order valence-electron chi connectivity index (χ3n) is 7.57. The standard InChI is InChI=1S/C34H48N4O6/c1-43-33-19-25(11-13-29(33)39)23-35-15-7-3-5-9-17-37-27-21-32(42)28(22-31(27)41)38-18-10-6-4-8-16-36-24-26-12-14-30(40)34(20-26)44-2/h11-14,19-20,35-36,39-40H,3-10,15-18,21-24H2,1-2H3. The highest BCUT2D eigenvalue weighted by atomic mass is 16.5. The zero-order valence-corrected chi connectivity index (χ0v) is 26.2. The molecule has 2 aromatic rings. The van der Waals surface area contributed by atoms with Gasteiger partial charge in [-0.2, -0.15) is 0 Å². The Hall–Kier alpha value is -3.76. The molecule has 0 unspecified atom stereocenters. The number of carbonyl (C=O) groups is 2. The van der Waals surface area contributed by atoms with E-state index in [4.69, 9.17) is 9.47 Å². The van der Waals surface area contributed by atoms with Gasteiger partial charge in [0.25, 0.3) is 0 Å². The van der Waals surface area contributed by atoms with Crippen LogP contribution >= 0.6 is 0 Å². The molecule has 0 saturated heterocycles. The number of aromatic hydroxyl groups is 2. The average molecular weight is 609 g/mol. The van der Waals surface area contributed by atoms with Crippen LogP contribution in [0.15, 0.2) is 46.4 Å². The molecule has 10 heteroatoms. The predicted octanol–water partition coefficient (Wildman–Crippen LogP) is 4.93.